The Bertz CT molecular complexity index is 606. The number of carbonyl (C=O) groups is 1. The predicted octanol–water partition coefficient (Wildman–Crippen LogP) is 2.28. The summed E-state index contributed by atoms with van der Waals surface area (Å²) in [6.07, 6.45) is 0. The first-order valence-electron chi connectivity index (χ1n) is 5.71. The Balaban J connectivity index is 2.14. The summed E-state index contributed by atoms with van der Waals surface area (Å²) in [6.45, 7) is 0.952. The number of aromatic nitrogens is 2. The van der Waals surface area contributed by atoms with Crippen LogP contribution in [0.2, 0.25) is 0 Å². The van der Waals surface area contributed by atoms with Crippen molar-refractivity contribution < 1.29 is 4.79 Å². The predicted molar refractivity (Wildman–Crippen MR) is 71.8 cm³/mol. The molecule has 1 aliphatic heterocycles. The zero-order valence-corrected chi connectivity index (χ0v) is 11.5. The number of carbonyl (C=O) groups excluding carboxylic acids is 1. The number of rotatable bonds is 1. The maximum absolute atomic E-state index is 11.7. The second-order valence-corrected chi connectivity index (χ2v) is 5.09. The molecular weight excluding hydrogens is 294 g/mol. The second-order valence-electron chi connectivity index (χ2n) is 4.38. The van der Waals surface area contributed by atoms with Crippen LogP contribution in [0.1, 0.15) is 5.69 Å². The normalized spacial score (nSPS) is 14.8. The lowest BCUT2D eigenvalue weighted by molar-refractivity contribution is -0.132. The number of benzene rings is 1. The Morgan fingerprint density at radius 1 is 1.22 bits per heavy atom. The molecule has 0 saturated carbocycles. The van der Waals surface area contributed by atoms with E-state index in [-0.39, 0.29) is 5.91 Å². The molecule has 2 heterocycles. The average Bonchev–Trinajstić information content (AvgIpc) is 2.69. The van der Waals surface area contributed by atoms with Crippen LogP contribution in [0.3, 0.4) is 0 Å². The van der Waals surface area contributed by atoms with E-state index in [0.29, 0.717) is 13.1 Å². The van der Waals surface area contributed by atoms with Crippen LogP contribution in [0.15, 0.2) is 35.1 Å². The van der Waals surface area contributed by atoms with Gasteiger partial charge < -0.3 is 9.47 Å². The summed E-state index contributed by atoms with van der Waals surface area (Å²) in [5, 5.41) is 0. The van der Waals surface area contributed by atoms with Gasteiger partial charge >= 0.3 is 0 Å². The Labute approximate surface area is 113 Å². The van der Waals surface area contributed by atoms with Crippen molar-refractivity contribution in [3.8, 4) is 11.3 Å². The largest absolute Gasteiger partial charge is 0.338 e. The topological polar surface area (TPSA) is 38.1 Å². The summed E-state index contributed by atoms with van der Waals surface area (Å²) in [5.41, 5.74) is 3.10. The van der Waals surface area contributed by atoms with Crippen LogP contribution in [-0.2, 0) is 17.9 Å². The van der Waals surface area contributed by atoms with Crippen LogP contribution < -0.4 is 0 Å². The quantitative estimate of drug-likeness (QED) is 0.811. The van der Waals surface area contributed by atoms with Gasteiger partial charge in [0.05, 0.1) is 17.9 Å². The maximum atomic E-state index is 11.7. The number of nitrogens with zero attached hydrogens (tertiary/aromatic N) is 3. The third-order valence-corrected chi connectivity index (χ3v) is 3.78. The molecule has 0 atom stereocenters. The molecule has 1 aromatic heterocycles. The van der Waals surface area contributed by atoms with Crippen LogP contribution in [-0.4, -0.2) is 27.4 Å². The lowest BCUT2D eigenvalue weighted by Crippen LogP contribution is -2.36. The fourth-order valence-electron chi connectivity index (χ4n) is 2.17. The number of halogens is 1. The van der Waals surface area contributed by atoms with Gasteiger partial charge in [0.25, 0.3) is 0 Å². The van der Waals surface area contributed by atoms with Crippen molar-refractivity contribution in [3.05, 3.63) is 40.8 Å². The fraction of sp³-hybridized carbons (Fsp3) is 0.231. The Kier molecular flexibility index (Phi) is 2.70. The molecule has 0 aliphatic carbocycles. The Morgan fingerprint density at radius 2 is 1.94 bits per heavy atom. The summed E-state index contributed by atoms with van der Waals surface area (Å²) in [7, 11) is 1.82. The van der Waals surface area contributed by atoms with Gasteiger partial charge in [0.2, 0.25) is 5.91 Å². The highest BCUT2D eigenvalue weighted by molar-refractivity contribution is 9.10. The van der Waals surface area contributed by atoms with Crippen LogP contribution in [0.5, 0.6) is 0 Å². The molecule has 0 spiro atoms. The highest BCUT2D eigenvalue weighted by Gasteiger charge is 2.26. The third kappa shape index (κ3) is 1.75. The zero-order valence-electron chi connectivity index (χ0n) is 9.93. The SMILES string of the molecule is CN1Cc2c(-c3ccccc3)nc(Br)n2CC1=O. The van der Waals surface area contributed by atoms with Gasteiger partial charge in [-0.05, 0) is 15.9 Å². The average molecular weight is 306 g/mol. The molecule has 2 aromatic rings. The molecule has 4 nitrogen and oxygen atoms in total. The standard InChI is InChI=1S/C13H12BrN3O/c1-16-7-10-12(9-5-3-2-4-6-9)15-13(14)17(10)8-11(16)18/h2-6H,7-8H2,1H3. The minimum atomic E-state index is 0.111. The number of likely N-dealkylation sites (N-methyl/N-ethyl adjacent to an activating group) is 1. The molecule has 0 radical (unpaired) electrons. The van der Waals surface area contributed by atoms with Crippen molar-refractivity contribution in [1.29, 1.82) is 0 Å². The van der Waals surface area contributed by atoms with Crippen molar-refractivity contribution >= 4 is 21.8 Å². The van der Waals surface area contributed by atoms with Crippen molar-refractivity contribution in [2.24, 2.45) is 0 Å². The summed E-state index contributed by atoms with van der Waals surface area (Å²) in [4.78, 5) is 18.0. The minimum absolute atomic E-state index is 0.111. The first kappa shape index (κ1) is 11.5. The summed E-state index contributed by atoms with van der Waals surface area (Å²) < 4.78 is 2.66. The smallest absolute Gasteiger partial charge is 0.242 e. The van der Waals surface area contributed by atoms with Crippen molar-refractivity contribution in [2.45, 2.75) is 13.1 Å². The molecule has 1 aliphatic rings. The van der Waals surface area contributed by atoms with Gasteiger partial charge in [0, 0.05) is 12.6 Å². The number of amides is 1. The van der Waals surface area contributed by atoms with Gasteiger partial charge in [0.15, 0.2) is 4.73 Å². The summed E-state index contributed by atoms with van der Waals surface area (Å²) >= 11 is 3.43. The molecule has 3 rings (SSSR count). The highest BCUT2D eigenvalue weighted by Crippen LogP contribution is 2.29. The third-order valence-electron chi connectivity index (χ3n) is 3.18. The number of fused-ring (bicyclic) bond motifs is 1. The van der Waals surface area contributed by atoms with Gasteiger partial charge in [-0.25, -0.2) is 4.98 Å². The van der Waals surface area contributed by atoms with Crippen LogP contribution in [0.4, 0.5) is 0 Å². The van der Waals surface area contributed by atoms with E-state index in [1.807, 2.05) is 41.9 Å². The van der Waals surface area contributed by atoms with Gasteiger partial charge in [-0.15, -0.1) is 0 Å². The molecule has 1 amide bonds. The number of hydrogen-bond acceptors (Lipinski definition) is 2. The first-order valence-corrected chi connectivity index (χ1v) is 6.50. The van der Waals surface area contributed by atoms with Crippen molar-refractivity contribution in [1.82, 2.24) is 14.5 Å². The molecule has 92 valence electrons. The molecule has 18 heavy (non-hydrogen) atoms. The van der Waals surface area contributed by atoms with E-state index in [2.05, 4.69) is 20.9 Å². The van der Waals surface area contributed by atoms with E-state index in [1.54, 1.807) is 4.90 Å². The molecule has 0 unspecified atom stereocenters. The van der Waals surface area contributed by atoms with E-state index >= 15 is 0 Å². The monoisotopic (exact) mass is 305 g/mol. The van der Waals surface area contributed by atoms with Crippen LogP contribution in [0.25, 0.3) is 11.3 Å². The van der Waals surface area contributed by atoms with E-state index in [0.717, 1.165) is 21.7 Å². The highest BCUT2D eigenvalue weighted by atomic mass is 79.9. The molecule has 0 bridgehead atoms. The maximum Gasteiger partial charge on any atom is 0.242 e. The van der Waals surface area contributed by atoms with Gasteiger partial charge in [0.1, 0.15) is 6.54 Å². The molecule has 5 heteroatoms. The Morgan fingerprint density at radius 3 is 2.67 bits per heavy atom. The van der Waals surface area contributed by atoms with Crippen LogP contribution >= 0.6 is 15.9 Å². The summed E-state index contributed by atoms with van der Waals surface area (Å²) in [6, 6.07) is 10.0. The number of hydrogen-bond donors (Lipinski definition) is 0. The van der Waals surface area contributed by atoms with E-state index < -0.39 is 0 Å². The first-order chi connectivity index (χ1) is 8.66. The molecule has 0 fully saturated rings. The molecule has 1 aromatic carbocycles. The fourth-order valence-corrected chi connectivity index (χ4v) is 2.69. The minimum Gasteiger partial charge on any atom is -0.338 e. The summed E-state index contributed by atoms with van der Waals surface area (Å²) in [5.74, 6) is 0.111. The lowest BCUT2D eigenvalue weighted by Gasteiger charge is -2.25. The van der Waals surface area contributed by atoms with Crippen LogP contribution in [0, 0.1) is 0 Å². The van der Waals surface area contributed by atoms with E-state index in [1.165, 1.54) is 0 Å². The Hall–Kier alpha value is -1.62. The molecular formula is C13H12BrN3O. The van der Waals surface area contributed by atoms with Gasteiger partial charge in [-0.3, -0.25) is 4.79 Å². The zero-order chi connectivity index (χ0) is 12.7. The second kappa shape index (κ2) is 4.24. The lowest BCUT2D eigenvalue weighted by atomic mass is 10.1. The van der Waals surface area contributed by atoms with E-state index in [4.69, 9.17) is 0 Å². The van der Waals surface area contributed by atoms with E-state index in [9.17, 15) is 4.79 Å². The van der Waals surface area contributed by atoms with Crippen molar-refractivity contribution in [2.75, 3.05) is 7.05 Å². The number of imidazole rings is 1. The van der Waals surface area contributed by atoms with Gasteiger partial charge in [-0.2, -0.15) is 0 Å². The van der Waals surface area contributed by atoms with Crippen molar-refractivity contribution in [3.63, 3.8) is 0 Å². The molecule has 0 saturated heterocycles. The molecule has 0 N–H and O–H groups in total. The van der Waals surface area contributed by atoms with Gasteiger partial charge in [-0.1, -0.05) is 30.3 Å².